The van der Waals surface area contributed by atoms with E-state index in [-0.39, 0.29) is 10.6 Å². The molecule has 0 aliphatic heterocycles. The zero-order valence-electron chi connectivity index (χ0n) is 11.5. The monoisotopic (exact) mass is 278 g/mol. The minimum atomic E-state index is -0.650. The third-order valence-corrected chi connectivity index (χ3v) is 4.25. The lowest BCUT2D eigenvalue weighted by Crippen LogP contribution is -2.24. The van der Waals surface area contributed by atoms with E-state index in [9.17, 15) is 15.4 Å². The number of nitro benzene ring substituents is 1. The van der Waals surface area contributed by atoms with Crippen LogP contribution in [-0.2, 0) is 18.3 Å². The van der Waals surface area contributed by atoms with Crippen molar-refractivity contribution in [3.05, 3.63) is 75.3 Å². The quantitative estimate of drug-likeness (QED) is 0.637. The molecule has 0 fully saturated rings. The van der Waals surface area contributed by atoms with E-state index in [2.05, 4.69) is 6.07 Å². The number of nitro groups is 1. The van der Waals surface area contributed by atoms with Crippen LogP contribution < -0.4 is 0 Å². The Morgan fingerprint density at radius 3 is 2.67 bits per heavy atom. The van der Waals surface area contributed by atoms with Crippen molar-refractivity contribution in [2.75, 3.05) is 0 Å². The van der Waals surface area contributed by atoms with Crippen molar-refractivity contribution < 1.29 is 4.92 Å². The van der Waals surface area contributed by atoms with Crippen molar-refractivity contribution in [2.45, 2.75) is 24.7 Å². The summed E-state index contributed by atoms with van der Waals surface area (Å²) in [6.07, 6.45) is 1.96. The van der Waals surface area contributed by atoms with Crippen LogP contribution in [0.3, 0.4) is 0 Å². The molecule has 0 heterocycles. The van der Waals surface area contributed by atoms with Crippen LogP contribution in [0.15, 0.2) is 48.5 Å². The predicted octanol–water partition coefficient (Wildman–Crippen LogP) is 3.55. The maximum atomic E-state index is 11.2. The Balaban J connectivity index is 2.05. The molecule has 0 radical (unpaired) electrons. The van der Waals surface area contributed by atoms with E-state index in [0.29, 0.717) is 12.0 Å². The van der Waals surface area contributed by atoms with Gasteiger partial charge in [0.25, 0.3) is 5.69 Å². The van der Waals surface area contributed by atoms with E-state index in [1.807, 2.05) is 24.3 Å². The molecule has 0 bridgehead atoms. The van der Waals surface area contributed by atoms with Gasteiger partial charge in [-0.2, -0.15) is 5.26 Å². The molecule has 0 N–H and O–H groups in total. The number of fused-ring (bicyclic) bond motifs is 1. The van der Waals surface area contributed by atoms with Gasteiger partial charge < -0.3 is 0 Å². The first-order chi connectivity index (χ1) is 10.2. The number of hydrogen-bond acceptors (Lipinski definition) is 3. The minimum absolute atomic E-state index is 0.0940. The molecule has 104 valence electrons. The van der Waals surface area contributed by atoms with E-state index < -0.39 is 5.41 Å². The number of hydrogen-bond donors (Lipinski definition) is 0. The first kappa shape index (κ1) is 13.3. The molecule has 0 saturated heterocycles. The largest absolute Gasteiger partial charge is 0.272 e. The van der Waals surface area contributed by atoms with Crippen molar-refractivity contribution in [3.8, 4) is 6.07 Å². The van der Waals surface area contributed by atoms with Crippen molar-refractivity contribution in [1.82, 2.24) is 0 Å². The molecule has 4 heteroatoms. The number of benzene rings is 2. The van der Waals surface area contributed by atoms with Crippen LogP contribution in [0.4, 0.5) is 5.69 Å². The molecule has 2 aromatic carbocycles. The van der Waals surface area contributed by atoms with Crippen LogP contribution >= 0.6 is 0 Å². The molecule has 3 rings (SSSR count). The molecule has 0 spiro atoms. The second-order valence-corrected chi connectivity index (χ2v) is 5.41. The number of nitrogens with zero attached hydrogens (tertiary/aromatic N) is 2. The van der Waals surface area contributed by atoms with Gasteiger partial charge in [0.15, 0.2) is 0 Å². The lowest BCUT2D eigenvalue weighted by atomic mass is 9.77. The second-order valence-electron chi connectivity index (χ2n) is 5.41. The number of nitriles is 1. The van der Waals surface area contributed by atoms with E-state index in [0.717, 1.165) is 18.4 Å². The summed E-state index contributed by atoms with van der Waals surface area (Å²) in [5, 5.41) is 20.9. The Kier molecular flexibility index (Phi) is 3.19. The second kappa shape index (κ2) is 5.02. The first-order valence-electron chi connectivity index (χ1n) is 6.88. The van der Waals surface area contributed by atoms with E-state index >= 15 is 0 Å². The fourth-order valence-corrected chi connectivity index (χ4v) is 3.19. The molecule has 1 aliphatic rings. The molecular weight excluding hydrogens is 264 g/mol. The zero-order chi connectivity index (χ0) is 14.9. The summed E-state index contributed by atoms with van der Waals surface area (Å²) in [6, 6.07) is 17.0. The van der Waals surface area contributed by atoms with E-state index in [1.54, 1.807) is 18.2 Å². The summed E-state index contributed by atoms with van der Waals surface area (Å²) >= 11 is 0. The Bertz CT molecular complexity index is 748. The normalized spacial score (nSPS) is 19.8. The lowest BCUT2D eigenvalue weighted by Gasteiger charge is -2.22. The number of aryl methyl sites for hydroxylation is 1. The van der Waals surface area contributed by atoms with Crippen molar-refractivity contribution in [2.24, 2.45) is 0 Å². The number of para-hydroxylation sites is 1. The molecule has 0 saturated carbocycles. The Morgan fingerprint density at radius 1 is 1.19 bits per heavy atom. The smallest absolute Gasteiger partial charge is 0.258 e. The summed E-state index contributed by atoms with van der Waals surface area (Å²) in [5.74, 6) is 0. The third-order valence-electron chi connectivity index (χ3n) is 4.25. The maximum Gasteiger partial charge on any atom is 0.272 e. The van der Waals surface area contributed by atoms with E-state index in [4.69, 9.17) is 0 Å². The van der Waals surface area contributed by atoms with Gasteiger partial charge >= 0.3 is 0 Å². The predicted molar refractivity (Wildman–Crippen MR) is 78.9 cm³/mol. The van der Waals surface area contributed by atoms with Gasteiger partial charge in [0.2, 0.25) is 0 Å². The van der Waals surface area contributed by atoms with Gasteiger partial charge in [-0.3, -0.25) is 10.1 Å². The van der Waals surface area contributed by atoms with Crippen LogP contribution in [0.2, 0.25) is 0 Å². The Labute approximate surface area is 122 Å². The van der Waals surface area contributed by atoms with Crippen LogP contribution in [0.5, 0.6) is 0 Å². The van der Waals surface area contributed by atoms with Gasteiger partial charge in [0.05, 0.1) is 16.4 Å². The first-order valence-corrected chi connectivity index (χ1v) is 6.88. The van der Waals surface area contributed by atoms with Crippen LogP contribution in [-0.4, -0.2) is 4.92 Å². The average molecular weight is 278 g/mol. The summed E-state index contributed by atoms with van der Waals surface area (Å²) in [5.41, 5.74) is 2.27. The molecule has 2 aromatic rings. The molecule has 1 atom stereocenters. The fraction of sp³-hybridized carbons (Fsp3) is 0.235. The number of rotatable bonds is 3. The molecule has 1 aliphatic carbocycles. The Hall–Kier alpha value is -2.67. The standard InChI is InChI=1S/C17H14N2O2/c18-12-17(10-9-13-5-1-3-7-15(13)17)11-14-6-2-4-8-16(14)19(20)21/h1-8H,9-11H2. The van der Waals surface area contributed by atoms with Crippen LogP contribution in [0, 0.1) is 21.4 Å². The molecular formula is C17H14N2O2. The summed E-state index contributed by atoms with van der Waals surface area (Å²) < 4.78 is 0. The molecule has 0 aromatic heterocycles. The van der Waals surface area contributed by atoms with Gasteiger partial charge in [-0.25, -0.2) is 0 Å². The highest BCUT2D eigenvalue weighted by Gasteiger charge is 2.40. The van der Waals surface area contributed by atoms with Crippen molar-refractivity contribution in [1.29, 1.82) is 5.26 Å². The molecule has 21 heavy (non-hydrogen) atoms. The van der Waals surface area contributed by atoms with Crippen LogP contribution in [0.1, 0.15) is 23.1 Å². The van der Waals surface area contributed by atoms with Gasteiger partial charge in [0.1, 0.15) is 0 Å². The maximum absolute atomic E-state index is 11.2. The highest BCUT2D eigenvalue weighted by atomic mass is 16.6. The molecule has 4 nitrogen and oxygen atoms in total. The summed E-state index contributed by atoms with van der Waals surface area (Å²) in [4.78, 5) is 10.8. The minimum Gasteiger partial charge on any atom is -0.258 e. The Morgan fingerprint density at radius 2 is 1.90 bits per heavy atom. The van der Waals surface area contributed by atoms with E-state index in [1.165, 1.54) is 11.6 Å². The molecule has 1 unspecified atom stereocenters. The van der Waals surface area contributed by atoms with Crippen molar-refractivity contribution in [3.63, 3.8) is 0 Å². The zero-order valence-corrected chi connectivity index (χ0v) is 11.5. The summed E-state index contributed by atoms with van der Waals surface area (Å²) in [7, 11) is 0. The topological polar surface area (TPSA) is 66.9 Å². The third kappa shape index (κ3) is 2.17. The lowest BCUT2D eigenvalue weighted by molar-refractivity contribution is -0.385. The fourth-order valence-electron chi connectivity index (χ4n) is 3.19. The van der Waals surface area contributed by atoms with Crippen molar-refractivity contribution >= 4 is 5.69 Å². The highest BCUT2D eigenvalue weighted by molar-refractivity contribution is 5.49. The summed E-state index contributed by atoms with van der Waals surface area (Å²) in [6.45, 7) is 0. The average Bonchev–Trinajstić information content (AvgIpc) is 2.87. The van der Waals surface area contributed by atoms with Gasteiger partial charge in [-0.05, 0) is 24.0 Å². The SMILES string of the molecule is N#CC1(Cc2ccccc2[N+](=O)[O-])CCc2ccccc21. The van der Waals surface area contributed by atoms with Crippen LogP contribution in [0.25, 0.3) is 0 Å². The molecule has 0 amide bonds. The van der Waals surface area contributed by atoms with Gasteiger partial charge in [-0.15, -0.1) is 0 Å². The van der Waals surface area contributed by atoms with Gasteiger partial charge in [-0.1, -0.05) is 42.5 Å². The highest BCUT2D eigenvalue weighted by Crippen LogP contribution is 2.42. The van der Waals surface area contributed by atoms with Gasteiger partial charge in [0, 0.05) is 18.1 Å².